The lowest BCUT2D eigenvalue weighted by molar-refractivity contribution is -0.156. The molecule has 13 heteroatoms. The molecular formula is C44H59F3O8P2. The van der Waals surface area contributed by atoms with Crippen molar-refractivity contribution in [1.82, 2.24) is 0 Å². The third kappa shape index (κ3) is 18.2. The van der Waals surface area contributed by atoms with Crippen LogP contribution in [0.2, 0.25) is 0 Å². The lowest BCUT2D eigenvalue weighted by Crippen LogP contribution is -2.18. The third-order valence-corrected chi connectivity index (χ3v) is 10.9. The van der Waals surface area contributed by atoms with Gasteiger partial charge in [0.2, 0.25) is 0 Å². The summed E-state index contributed by atoms with van der Waals surface area (Å²) in [7, 11) is -8.81. The molecule has 0 radical (unpaired) electrons. The maximum atomic E-state index is 13.0. The van der Waals surface area contributed by atoms with Gasteiger partial charge >= 0.3 is 21.8 Å². The number of benzene rings is 4. The minimum absolute atomic E-state index is 0.00669. The van der Waals surface area contributed by atoms with Gasteiger partial charge in [-0.1, -0.05) is 130 Å². The predicted octanol–water partition coefficient (Wildman–Crippen LogP) is 14.1. The molecule has 4 aromatic rings. The number of halogens is 3. The largest absolute Gasteiger partial charge is 0.587 e. The van der Waals surface area contributed by atoms with Crippen LogP contribution < -0.4 is 18.1 Å². The Bertz CT molecular complexity index is 1740. The second kappa shape index (κ2) is 21.3. The van der Waals surface area contributed by atoms with Crippen LogP contribution in [-0.4, -0.2) is 17.7 Å². The van der Waals surface area contributed by atoms with Gasteiger partial charge in [-0.15, -0.1) is 0 Å². The fraction of sp³-hybridized carbons (Fsp3) is 0.455. The molecular weight excluding hydrogens is 775 g/mol. The Kier molecular flexibility index (Phi) is 17.8. The monoisotopic (exact) mass is 834 g/mol. The van der Waals surface area contributed by atoms with E-state index in [-0.39, 0.29) is 22.3 Å². The standard InChI is InChI=1S/C24H32F3O4P.C20H27O4P/c1-3-5-7-9-20-11-15-22(16-12-20)30-32(28,29-19-24(25,26)27)31-23-17-13-21(14-18-23)10-8-6-4-2;1-19(2,3)15-7-11-17(12-8-15)23-25(21,22)24-18-13-9-16(10-14-18)20(4,5)6/h11-18H,3-10,19H2,1-2H3;7-14H,1-6H3,(H,21,22). The first-order valence-electron chi connectivity index (χ1n) is 19.4. The molecule has 0 bridgehead atoms. The van der Waals surface area contributed by atoms with E-state index in [1.807, 2.05) is 24.3 Å². The molecule has 0 aliphatic carbocycles. The molecule has 0 heterocycles. The van der Waals surface area contributed by atoms with Gasteiger partial charge in [0.15, 0.2) is 6.61 Å². The van der Waals surface area contributed by atoms with Crippen molar-refractivity contribution in [3.63, 3.8) is 0 Å². The molecule has 57 heavy (non-hydrogen) atoms. The van der Waals surface area contributed by atoms with Crippen LogP contribution in [0.3, 0.4) is 0 Å². The molecule has 0 spiro atoms. The molecule has 314 valence electrons. The lowest BCUT2D eigenvalue weighted by atomic mass is 9.87. The summed E-state index contributed by atoms with van der Waals surface area (Å²) in [6.45, 7) is 15.1. The topological polar surface area (TPSA) is 101 Å². The third-order valence-electron chi connectivity index (χ3n) is 8.69. The molecule has 0 unspecified atom stereocenters. The Morgan fingerprint density at radius 2 is 0.825 bits per heavy atom. The smallest absolute Gasteiger partial charge is 0.395 e. The minimum atomic E-state index is -4.67. The van der Waals surface area contributed by atoms with E-state index in [9.17, 15) is 27.2 Å². The summed E-state index contributed by atoms with van der Waals surface area (Å²) < 4.78 is 88.9. The molecule has 8 nitrogen and oxygen atoms in total. The number of phosphoric acid groups is 2. The molecule has 0 atom stereocenters. The number of rotatable bonds is 18. The SMILES string of the molecule is CC(C)(C)c1ccc(OP(=O)(O)Oc2ccc(C(C)(C)C)cc2)cc1.CCCCCc1ccc(OP(=O)(OCC(F)(F)F)Oc2ccc(CCCCC)cc2)cc1. The van der Waals surface area contributed by atoms with Crippen LogP contribution in [0, 0.1) is 0 Å². The second-order valence-corrected chi connectivity index (χ2v) is 18.7. The van der Waals surface area contributed by atoms with E-state index >= 15 is 0 Å². The lowest BCUT2D eigenvalue weighted by Gasteiger charge is -2.20. The Morgan fingerprint density at radius 1 is 0.509 bits per heavy atom. The zero-order valence-electron chi connectivity index (χ0n) is 34.4. The van der Waals surface area contributed by atoms with Gasteiger partial charge in [0.1, 0.15) is 23.0 Å². The molecule has 0 aromatic heterocycles. The second-order valence-electron chi connectivity index (χ2n) is 15.9. The first kappa shape index (κ1) is 47.6. The zero-order chi connectivity index (χ0) is 42.3. The quantitative estimate of drug-likeness (QED) is 0.0781. The highest BCUT2D eigenvalue weighted by atomic mass is 31.2. The fourth-order valence-corrected chi connectivity index (χ4v) is 7.41. The van der Waals surface area contributed by atoms with E-state index in [0.717, 1.165) is 73.6 Å². The summed E-state index contributed by atoms with van der Waals surface area (Å²) in [6.07, 6.45) is 3.64. The Hall–Kier alpha value is -3.75. The van der Waals surface area contributed by atoms with E-state index in [1.54, 1.807) is 72.8 Å². The van der Waals surface area contributed by atoms with Crippen molar-refractivity contribution in [1.29, 1.82) is 0 Å². The van der Waals surface area contributed by atoms with Crippen molar-refractivity contribution < 1.29 is 49.8 Å². The van der Waals surface area contributed by atoms with Crippen LogP contribution in [0.5, 0.6) is 23.0 Å². The van der Waals surface area contributed by atoms with Gasteiger partial charge in [-0.2, -0.15) is 13.2 Å². The molecule has 0 saturated heterocycles. The fourth-order valence-electron chi connectivity index (χ4n) is 5.39. The van der Waals surface area contributed by atoms with Gasteiger partial charge in [-0.05, 0) is 107 Å². The van der Waals surface area contributed by atoms with E-state index in [4.69, 9.17) is 18.1 Å². The average molecular weight is 835 g/mol. The van der Waals surface area contributed by atoms with Gasteiger partial charge in [0, 0.05) is 0 Å². The van der Waals surface area contributed by atoms with E-state index in [0.29, 0.717) is 11.5 Å². The molecule has 4 rings (SSSR count). The highest BCUT2D eigenvalue weighted by Gasteiger charge is 2.38. The number of hydrogen-bond donors (Lipinski definition) is 1. The van der Waals surface area contributed by atoms with Crippen molar-refractivity contribution in [3.8, 4) is 23.0 Å². The Labute approximate surface area is 337 Å². The number of phosphoric ester groups is 2. The number of unbranched alkanes of at least 4 members (excludes halogenated alkanes) is 4. The van der Waals surface area contributed by atoms with Crippen molar-refractivity contribution in [2.24, 2.45) is 0 Å². The van der Waals surface area contributed by atoms with E-state index in [1.165, 1.54) is 0 Å². The van der Waals surface area contributed by atoms with Crippen LogP contribution in [0.4, 0.5) is 13.2 Å². The first-order valence-corrected chi connectivity index (χ1v) is 22.4. The van der Waals surface area contributed by atoms with Gasteiger partial charge in [-0.3, -0.25) is 9.42 Å². The normalized spacial score (nSPS) is 12.4. The summed E-state index contributed by atoms with van der Waals surface area (Å²) in [4.78, 5) is 9.99. The van der Waals surface area contributed by atoms with Gasteiger partial charge in [0.25, 0.3) is 0 Å². The molecule has 0 amide bonds. The minimum Gasteiger partial charge on any atom is -0.395 e. The molecule has 4 aromatic carbocycles. The summed E-state index contributed by atoms with van der Waals surface area (Å²) in [5, 5.41) is 0. The summed E-state index contributed by atoms with van der Waals surface area (Å²) in [6, 6.07) is 27.7. The Balaban J connectivity index is 0.000000315. The van der Waals surface area contributed by atoms with Crippen molar-refractivity contribution >= 4 is 15.6 Å². The Morgan fingerprint density at radius 3 is 1.12 bits per heavy atom. The maximum absolute atomic E-state index is 13.0. The molecule has 0 aliphatic heterocycles. The molecule has 0 aliphatic rings. The van der Waals surface area contributed by atoms with Crippen molar-refractivity contribution in [2.75, 3.05) is 6.61 Å². The van der Waals surface area contributed by atoms with Crippen molar-refractivity contribution in [2.45, 2.75) is 124 Å². The average Bonchev–Trinajstić information content (AvgIpc) is 3.12. The predicted molar refractivity (Wildman–Crippen MR) is 222 cm³/mol. The van der Waals surface area contributed by atoms with Crippen LogP contribution in [0.25, 0.3) is 0 Å². The van der Waals surface area contributed by atoms with E-state index in [2.05, 4.69) is 59.9 Å². The van der Waals surface area contributed by atoms with Gasteiger partial charge < -0.3 is 18.1 Å². The number of aryl methyl sites for hydroxylation is 2. The van der Waals surface area contributed by atoms with Crippen LogP contribution >= 0.6 is 15.6 Å². The summed E-state index contributed by atoms with van der Waals surface area (Å²) >= 11 is 0. The maximum Gasteiger partial charge on any atom is 0.587 e. The number of hydrogen-bond acceptors (Lipinski definition) is 7. The number of alkyl halides is 3. The summed E-state index contributed by atoms with van der Waals surface area (Å²) in [5.41, 5.74) is 4.38. The van der Waals surface area contributed by atoms with Crippen molar-refractivity contribution in [3.05, 3.63) is 119 Å². The highest BCUT2D eigenvalue weighted by Crippen LogP contribution is 2.51. The van der Waals surface area contributed by atoms with Crippen LogP contribution in [0.15, 0.2) is 97.1 Å². The summed E-state index contributed by atoms with van der Waals surface area (Å²) in [5.74, 6) is 0.826. The van der Waals surface area contributed by atoms with E-state index < -0.39 is 28.4 Å². The van der Waals surface area contributed by atoms with Gasteiger partial charge in [0.05, 0.1) is 0 Å². The molecule has 0 saturated carbocycles. The highest BCUT2D eigenvalue weighted by molar-refractivity contribution is 7.49. The van der Waals surface area contributed by atoms with Gasteiger partial charge in [-0.25, -0.2) is 9.13 Å². The zero-order valence-corrected chi connectivity index (χ0v) is 36.2. The molecule has 1 N–H and O–H groups in total. The molecule has 0 fully saturated rings. The van der Waals surface area contributed by atoms with Crippen LogP contribution in [0.1, 0.15) is 116 Å². The van der Waals surface area contributed by atoms with Crippen LogP contribution in [-0.2, 0) is 37.3 Å². The first-order chi connectivity index (χ1) is 26.6.